The molecule has 22 heavy (non-hydrogen) atoms. The van der Waals surface area contributed by atoms with E-state index in [1.54, 1.807) is 24.3 Å². The molecular weight excluding hydrogens is 302 g/mol. The van der Waals surface area contributed by atoms with Crippen LogP contribution < -0.4 is 15.8 Å². The van der Waals surface area contributed by atoms with Crippen LogP contribution in [0.2, 0.25) is 0 Å². The van der Waals surface area contributed by atoms with Crippen molar-refractivity contribution < 1.29 is 13.2 Å². The molecule has 1 aromatic carbocycles. The number of nitrogens with two attached hydrogens (primary N) is 1. The number of carbonyl (C=O) groups is 1. The average Bonchev–Trinajstić information content (AvgIpc) is 2.87. The third kappa shape index (κ3) is 4.71. The number of carbonyl (C=O) groups excluding carboxylic acids is 1. The Morgan fingerprint density at radius 3 is 2.41 bits per heavy atom. The fourth-order valence-electron chi connectivity index (χ4n) is 2.62. The molecule has 0 aromatic heterocycles. The predicted octanol–water partition coefficient (Wildman–Crippen LogP) is 1.90. The molecule has 0 aliphatic heterocycles. The van der Waals surface area contributed by atoms with Gasteiger partial charge in [0.2, 0.25) is 15.9 Å². The van der Waals surface area contributed by atoms with Gasteiger partial charge in [0.05, 0.1) is 5.75 Å². The number of amides is 1. The quantitative estimate of drug-likeness (QED) is 0.743. The van der Waals surface area contributed by atoms with Crippen molar-refractivity contribution in [2.24, 2.45) is 11.7 Å². The van der Waals surface area contributed by atoms with Gasteiger partial charge in [-0.25, -0.2) is 8.42 Å². The Morgan fingerprint density at radius 2 is 1.86 bits per heavy atom. The molecule has 2 unspecified atom stereocenters. The molecule has 0 spiro atoms. The maximum Gasteiger partial charge on any atom is 0.232 e. The topological polar surface area (TPSA) is 101 Å². The van der Waals surface area contributed by atoms with Crippen molar-refractivity contribution in [3.05, 3.63) is 24.3 Å². The predicted molar refractivity (Wildman–Crippen MR) is 88.1 cm³/mol. The van der Waals surface area contributed by atoms with Gasteiger partial charge in [0.25, 0.3) is 0 Å². The lowest BCUT2D eigenvalue weighted by Crippen LogP contribution is -2.23. The zero-order chi connectivity index (χ0) is 16.2. The Hall–Kier alpha value is -1.60. The van der Waals surface area contributed by atoms with E-state index in [4.69, 9.17) is 5.73 Å². The van der Waals surface area contributed by atoms with E-state index in [-0.39, 0.29) is 23.6 Å². The molecule has 2 atom stereocenters. The van der Waals surface area contributed by atoms with Crippen molar-refractivity contribution in [1.29, 1.82) is 0 Å². The summed E-state index contributed by atoms with van der Waals surface area (Å²) in [6, 6.07) is 6.78. The number of benzene rings is 1. The van der Waals surface area contributed by atoms with Gasteiger partial charge in [0.15, 0.2) is 0 Å². The van der Waals surface area contributed by atoms with Crippen molar-refractivity contribution in [2.75, 3.05) is 15.8 Å². The van der Waals surface area contributed by atoms with E-state index < -0.39 is 10.0 Å². The highest BCUT2D eigenvalue weighted by Crippen LogP contribution is 2.25. The van der Waals surface area contributed by atoms with E-state index in [9.17, 15) is 13.2 Å². The summed E-state index contributed by atoms with van der Waals surface area (Å²) in [5.41, 5.74) is 6.97. The van der Waals surface area contributed by atoms with E-state index in [0.29, 0.717) is 17.8 Å². The second-order valence-electron chi connectivity index (χ2n) is 5.76. The number of sulfonamides is 1. The van der Waals surface area contributed by atoms with Crippen LogP contribution >= 0.6 is 0 Å². The lowest BCUT2D eigenvalue weighted by Gasteiger charge is -2.12. The Bertz CT molecular complexity index is 613. The van der Waals surface area contributed by atoms with Gasteiger partial charge in [-0.3, -0.25) is 9.52 Å². The highest BCUT2D eigenvalue weighted by Gasteiger charge is 2.27. The molecule has 1 fully saturated rings. The summed E-state index contributed by atoms with van der Waals surface area (Å²) in [5.74, 6) is 0.0398. The maximum atomic E-state index is 12.1. The van der Waals surface area contributed by atoms with E-state index >= 15 is 0 Å². The van der Waals surface area contributed by atoms with Crippen LogP contribution in [0.5, 0.6) is 0 Å². The highest BCUT2D eigenvalue weighted by atomic mass is 32.2. The van der Waals surface area contributed by atoms with E-state index in [1.165, 1.54) is 0 Å². The Kier molecular flexibility index (Phi) is 5.42. The summed E-state index contributed by atoms with van der Waals surface area (Å²) < 4.78 is 25.9. The fourth-order valence-corrected chi connectivity index (χ4v) is 3.75. The van der Waals surface area contributed by atoms with Crippen LogP contribution in [-0.4, -0.2) is 26.1 Å². The van der Waals surface area contributed by atoms with Gasteiger partial charge >= 0.3 is 0 Å². The number of hydrogen-bond acceptors (Lipinski definition) is 4. The second kappa shape index (κ2) is 7.11. The molecule has 7 heteroatoms. The van der Waals surface area contributed by atoms with Crippen LogP contribution in [0.3, 0.4) is 0 Å². The van der Waals surface area contributed by atoms with Crippen LogP contribution in [0.25, 0.3) is 0 Å². The minimum atomic E-state index is -3.29. The smallest absolute Gasteiger partial charge is 0.232 e. The molecule has 0 heterocycles. The Morgan fingerprint density at radius 1 is 1.23 bits per heavy atom. The fraction of sp³-hybridized carbons (Fsp3) is 0.533. The molecule has 1 aromatic rings. The summed E-state index contributed by atoms with van der Waals surface area (Å²) in [4.78, 5) is 12.1. The lowest BCUT2D eigenvalue weighted by molar-refractivity contribution is -0.119. The SMILES string of the molecule is CCCS(=O)(=O)Nc1ccc(NC(=O)C2CCC(N)C2)cc1. The number of nitrogens with one attached hydrogen (secondary N) is 2. The molecule has 2 rings (SSSR count). The van der Waals surface area contributed by atoms with Crippen LogP contribution in [0.15, 0.2) is 24.3 Å². The van der Waals surface area contributed by atoms with E-state index in [0.717, 1.165) is 19.3 Å². The zero-order valence-corrected chi connectivity index (χ0v) is 13.5. The first-order valence-corrected chi connectivity index (χ1v) is 9.22. The van der Waals surface area contributed by atoms with Gasteiger partial charge in [-0.05, 0) is 49.9 Å². The average molecular weight is 325 g/mol. The third-order valence-electron chi connectivity index (χ3n) is 3.74. The van der Waals surface area contributed by atoms with Gasteiger partial charge in [0.1, 0.15) is 0 Å². The molecule has 1 aliphatic carbocycles. The molecule has 0 saturated heterocycles. The molecular formula is C15H23N3O3S. The first kappa shape index (κ1) is 16.8. The van der Waals surface area contributed by atoms with E-state index in [2.05, 4.69) is 10.0 Å². The monoisotopic (exact) mass is 325 g/mol. The van der Waals surface area contributed by atoms with Gasteiger partial charge in [-0.15, -0.1) is 0 Å². The van der Waals surface area contributed by atoms with Gasteiger partial charge < -0.3 is 11.1 Å². The van der Waals surface area contributed by atoms with Crippen molar-refractivity contribution in [2.45, 2.75) is 38.6 Å². The number of anilines is 2. The summed E-state index contributed by atoms with van der Waals surface area (Å²) in [5, 5.41) is 2.85. The first-order chi connectivity index (χ1) is 10.4. The van der Waals surface area contributed by atoms with Crippen LogP contribution in [0.4, 0.5) is 11.4 Å². The van der Waals surface area contributed by atoms with Crippen molar-refractivity contribution in [3.8, 4) is 0 Å². The van der Waals surface area contributed by atoms with Gasteiger partial charge in [-0.1, -0.05) is 6.92 Å². The molecule has 4 N–H and O–H groups in total. The Labute approximate surface area is 131 Å². The highest BCUT2D eigenvalue weighted by molar-refractivity contribution is 7.92. The van der Waals surface area contributed by atoms with Gasteiger partial charge in [0, 0.05) is 23.3 Å². The molecule has 1 amide bonds. The third-order valence-corrected chi connectivity index (χ3v) is 5.24. The first-order valence-electron chi connectivity index (χ1n) is 7.56. The van der Waals surface area contributed by atoms with Crippen LogP contribution in [0, 0.1) is 5.92 Å². The second-order valence-corrected chi connectivity index (χ2v) is 7.60. The molecule has 6 nitrogen and oxygen atoms in total. The van der Waals surface area contributed by atoms with Gasteiger partial charge in [-0.2, -0.15) is 0 Å². The molecule has 1 saturated carbocycles. The molecule has 0 radical (unpaired) electrons. The van der Waals surface area contributed by atoms with E-state index in [1.807, 2.05) is 6.92 Å². The summed E-state index contributed by atoms with van der Waals surface area (Å²) in [7, 11) is -3.29. The van der Waals surface area contributed by atoms with Crippen molar-refractivity contribution in [3.63, 3.8) is 0 Å². The summed E-state index contributed by atoms with van der Waals surface area (Å²) in [6.07, 6.45) is 2.99. The number of rotatable bonds is 6. The Balaban J connectivity index is 1.93. The summed E-state index contributed by atoms with van der Waals surface area (Å²) in [6.45, 7) is 1.81. The minimum absolute atomic E-state index is 0.0211. The molecule has 122 valence electrons. The standard InChI is InChI=1S/C15H23N3O3S/c1-2-9-22(20,21)18-14-7-5-13(6-8-14)17-15(19)11-3-4-12(16)10-11/h5-8,11-12,18H,2-4,9-10,16H2,1H3,(H,17,19). The lowest BCUT2D eigenvalue weighted by atomic mass is 10.1. The van der Waals surface area contributed by atoms with Crippen molar-refractivity contribution in [1.82, 2.24) is 0 Å². The van der Waals surface area contributed by atoms with Crippen LogP contribution in [0.1, 0.15) is 32.6 Å². The molecule has 1 aliphatic rings. The van der Waals surface area contributed by atoms with Crippen LogP contribution in [-0.2, 0) is 14.8 Å². The number of hydrogen-bond donors (Lipinski definition) is 3. The van der Waals surface area contributed by atoms with Crippen molar-refractivity contribution >= 4 is 27.3 Å². The minimum Gasteiger partial charge on any atom is -0.328 e. The normalized spacial score (nSPS) is 21.5. The summed E-state index contributed by atoms with van der Waals surface area (Å²) >= 11 is 0. The molecule has 0 bridgehead atoms. The maximum absolute atomic E-state index is 12.1. The zero-order valence-electron chi connectivity index (χ0n) is 12.7. The largest absolute Gasteiger partial charge is 0.328 e.